The van der Waals surface area contributed by atoms with E-state index in [0.29, 0.717) is 34.1 Å². The first-order valence-electron chi connectivity index (χ1n) is 39.0. The molecular formula is C105H78N16. The van der Waals surface area contributed by atoms with Crippen molar-refractivity contribution in [2.75, 3.05) is 0 Å². The largest absolute Gasteiger partial charge is 0.346 e. The topological polar surface area (TPSA) is 113 Å². The van der Waals surface area contributed by atoms with Gasteiger partial charge < -0.3 is 32.0 Å². The lowest BCUT2D eigenvalue weighted by Gasteiger charge is -2.01. The number of rotatable bonds is 0. The first-order valence-corrected chi connectivity index (χ1v) is 39.0. The van der Waals surface area contributed by atoms with Gasteiger partial charge in [0.05, 0.1) is 80.3 Å². The quantitative estimate of drug-likeness (QED) is 0.141. The molecule has 0 bridgehead atoms. The molecule has 0 atom stereocenters. The molecule has 0 saturated carbocycles. The third-order valence-corrected chi connectivity index (χ3v) is 23.0. The molecule has 0 radical (unpaired) electrons. The van der Waals surface area contributed by atoms with Gasteiger partial charge in [-0.3, -0.25) is 0 Å². The Kier molecular flexibility index (Phi) is 21.5. The molecule has 578 valence electrons. The summed E-state index contributed by atoms with van der Waals surface area (Å²) in [7, 11) is 14.2. The molecule has 21 aromatic rings. The highest BCUT2D eigenvalue weighted by Crippen LogP contribution is 2.42. The smallest absolute Gasteiger partial charge is 0.199 e. The van der Waals surface area contributed by atoms with Crippen molar-refractivity contribution in [3.05, 3.63) is 374 Å². The predicted octanol–water partition coefficient (Wildman–Crippen LogP) is 28.5. The van der Waals surface area contributed by atoms with Crippen LogP contribution in [0.1, 0.15) is 38.9 Å². The number of nitriles is 2. The molecule has 0 aliphatic carbocycles. The van der Waals surface area contributed by atoms with Gasteiger partial charge in [-0.05, 0) is 194 Å². The highest BCUT2D eigenvalue weighted by molar-refractivity contribution is 6.19. The van der Waals surface area contributed by atoms with Gasteiger partial charge in [-0.2, -0.15) is 10.5 Å². The van der Waals surface area contributed by atoms with Gasteiger partial charge in [0, 0.05) is 169 Å². The van der Waals surface area contributed by atoms with E-state index in [4.69, 9.17) is 46.0 Å². The maximum atomic E-state index is 9.21. The molecule has 0 N–H and O–H groups in total. The summed E-state index contributed by atoms with van der Waals surface area (Å²) in [6, 6.07) is 88.7. The number of fused-ring (bicyclic) bond motifs is 21. The van der Waals surface area contributed by atoms with Crippen LogP contribution in [0.3, 0.4) is 0 Å². The molecule has 16 nitrogen and oxygen atoms in total. The predicted molar refractivity (Wildman–Crippen MR) is 500 cm³/mol. The molecule has 0 aliphatic heterocycles. The Morgan fingerprint density at radius 1 is 0.223 bits per heavy atom. The summed E-state index contributed by atoms with van der Waals surface area (Å²) >= 11 is 0. The van der Waals surface area contributed by atoms with Crippen LogP contribution < -0.4 is 0 Å². The summed E-state index contributed by atoms with van der Waals surface area (Å²) in [5, 5.41) is 33.9. The fourth-order valence-corrected chi connectivity index (χ4v) is 16.9. The standard InChI is InChI=1S/2C15H9N3.5C15H12N2/c1-16-10-7-8-13-11(9-10)15-12(17-2)5-4-6-14(15)18(13)3;1-16-10-7-8-11-14(9-10)18(3)13-6-4-5-12(17-2)15(11)13;1-10-4-7-14-13(8-10)12-6-5-11(16-2)9-15(12)17(14)3;1-10-4-6-12-13-9-11(16-2)5-7-14(13)17(3)15(12)8-10;1-10-8-9-13-14(15(10)16-2)11-6-4-5-7-12(11)17(13)3;1-10-6-7-13-12(8-10)15-11(9-16)4-3-5-14(15)17(13)2;1-10-6-7-12-14(8-10)17(2)13-5-3-4-11(9-16)15(12)13/h2*4-9H,3H3;3*4-9H,1,3H3;2*3-8H,1-2H3. The van der Waals surface area contributed by atoms with Crippen LogP contribution in [0, 0.1) is 103 Å². The van der Waals surface area contributed by atoms with Crippen LogP contribution in [0.4, 0.5) is 39.8 Å². The van der Waals surface area contributed by atoms with E-state index < -0.39 is 0 Å². The first kappa shape index (κ1) is 79.3. The Balaban J connectivity index is 0.000000110. The Labute approximate surface area is 700 Å². The van der Waals surface area contributed by atoms with Gasteiger partial charge in [-0.15, -0.1) is 0 Å². The second-order valence-corrected chi connectivity index (χ2v) is 30.2. The number of para-hydroxylation sites is 1. The molecule has 0 aliphatic rings. The van der Waals surface area contributed by atoms with Crippen molar-refractivity contribution in [1.82, 2.24) is 32.0 Å². The zero-order valence-electron chi connectivity index (χ0n) is 68.9. The van der Waals surface area contributed by atoms with Gasteiger partial charge in [0.25, 0.3) is 0 Å². The average Bonchev–Trinajstić information content (AvgIpc) is 1.63. The SMILES string of the molecule is Cc1ccc2c(c1)c1c(C#N)cccc1n2C.Cc1ccc2c3c(C#N)cccc3n(C)c2c1.[C-]#[N+]c1c(C)ccc2c1c1ccccc1n2C.[C-]#[N+]c1ccc2c(c1)c1c([N+]#[C-])cccc1n2C.[C-]#[N+]c1ccc2c(c1)c1ccc(C)cc1n2C.[C-]#[N+]c1ccc2c3c([N+]#[C-])cccc3n(C)c2c1.[C-]#[N+]c1ccc2c3cc(C)ccc3n(C)c2c1. The van der Waals surface area contributed by atoms with Gasteiger partial charge in [0.1, 0.15) is 0 Å². The lowest BCUT2D eigenvalue weighted by atomic mass is 10.1. The van der Waals surface area contributed by atoms with E-state index in [2.05, 4.69) is 211 Å². The van der Waals surface area contributed by atoms with Gasteiger partial charge in [-0.1, -0.05) is 145 Å². The fraction of sp³-hybridized carbons (Fsp3) is 0.114. The summed E-state index contributed by atoms with van der Waals surface area (Å²) < 4.78 is 14.9. The molecule has 7 aromatic heterocycles. The Morgan fingerprint density at radius 3 is 1.02 bits per heavy atom. The Morgan fingerprint density at radius 2 is 0.521 bits per heavy atom. The monoisotopic (exact) mass is 1560 g/mol. The van der Waals surface area contributed by atoms with Gasteiger partial charge in [-0.25, -0.2) is 33.9 Å². The van der Waals surface area contributed by atoms with Crippen molar-refractivity contribution in [3.8, 4) is 12.1 Å². The summed E-state index contributed by atoms with van der Waals surface area (Å²) in [6.45, 7) is 60.6. The van der Waals surface area contributed by atoms with E-state index in [-0.39, 0.29) is 0 Å². The maximum Gasteiger partial charge on any atom is 0.199 e. The van der Waals surface area contributed by atoms with Crippen LogP contribution >= 0.6 is 0 Å². The van der Waals surface area contributed by atoms with Gasteiger partial charge in [0.2, 0.25) is 0 Å². The molecule has 0 saturated heterocycles. The van der Waals surface area contributed by atoms with Crippen LogP contribution in [0.25, 0.3) is 187 Å². The third-order valence-electron chi connectivity index (χ3n) is 23.0. The van der Waals surface area contributed by atoms with Crippen LogP contribution in [0.15, 0.2) is 255 Å². The average molecular weight is 1560 g/mol. The minimum atomic E-state index is 0.606. The summed E-state index contributed by atoms with van der Waals surface area (Å²) in [5.74, 6) is 0. The molecule has 16 heteroatoms. The number of nitrogens with zero attached hydrogens (tertiary/aromatic N) is 16. The van der Waals surface area contributed by atoms with Crippen LogP contribution in [0.2, 0.25) is 0 Å². The number of benzene rings is 14. The van der Waals surface area contributed by atoms with Crippen molar-refractivity contribution in [2.45, 2.75) is 34.6 Å². The van der Waals surface area contributed by atoms with Crippen LogP contribution in [-0.4, -0.2) is 32.0 Å². The van der Waals surface area contributed by atoms with Crippen LogP contribution in [-0.2, 0) is 49.3 Å². The van der Waals surface area contributed by atoms with Gasteiger partial charge in [0.15, 0.2) is 39.8 Å². The molecule has 21 rings (SSSR count). The third kappa shape index (κ3) is 14.1. The highest BCUT2D eigenvalue weighted by atomic mass is 15.0. The van der Waals surface area contributed by atoms with E-state index >= 15 is 0 Å². The lowest BCUT2D eigenvalue weighted by molar-refractivity contribution is 1.01. The van der Waals surface area contributed by atoms with Gasteiger partial charge >= 0.3 is 0 Å². The molecule has 0 spiro atoms. The molecule has 7 heterocycles. The summed E-state index contributed by atoms with van der Waals surface area (Å²) in [5.41, 5.74) is 28.0. The first-order chi connectivity index (χ1) is 58.6. The van der Waals surface area contributed by atoms with Crippen molar-refractivity contribution in [1.29, 1.82) is 10.5 Å². The van der Waals surface area contributed by atoms with Crippen LogP contribution in [0.5, 0.6) is 0 Å². The van der Waals surface area contributed by atoms with E-state index in [1.54, 1.807) is 6.07 Å². The summed E-state index contributed by atoms with van der Waals surface area (Å²) in [6.07, 6.45) is 0. The minimum Gasteiger partial charge on any atom is -0.346 e. The van der Waals surface area contributed by atoms with Crippen molar-refractivity contribution in [2.24, 2.45) is 49.3 Å². The number of hydrogen-bond donors (Lipinski definition) is 0. The van der Waals surface area contributed by atoms with E-state index in [9.17, 15) is 10.5 Å². The van der Waals surface area contributed by atoms with E-state index in [1.165, 1.54) is 82.3 Å². The second kappa shape index (κ2) is 32.8. The van der Waals surface area contributed by atoms with Crippen molar-refractivity contribution in [3.63, 3.8) is 0 Å². The van der Waals surface area contributed by atoms with Crippen molar-refractivity contribution < 1.29 is 0 Å². The Bertz CT molecular complexity index is 8300. The molecular weight excluding hydrogens is 1490 g/mol. The van der Waals surface area contributed by atoms with E-state index in [1.807, 2.05) is 199 Å². The molecule has 121 heavy (non-hydrogen) atoms. The zero-order valence-corrected chi connectivity index (χ0v) is 68.9. The van der Waals surface area contributed by atoms with E-state index in [0.717, 1.165) is 115 Å². The van der Waals surface area contributed by atoms with Crippen molar-refractivity contribution >= 4 is 192 Å². The Hall–Kier alpha value is -16.9. The molecule has 0 fully saturated rings. The number of hydrogen-bond acceptors (Lipinski definition) is 2. The molecule has 14 aromatic carbocycles. The normalized spacial score (nSPS) is 10.7. The highest BCUT2D eigenvalue weighted by Gasteiger charge is 2.19. The number of aryl methyl sites for hydroxylation is 12. The summed E-state index contributed by atoms with van der Waals surface area (Å²) in [4.78, 5) is 24.7. The fourth-order valence-electron chi connectivity index (χ4n) is 16.9. The zero-order chi connectivity index (χ0) is 85.4. The minimum absolute atomic E-state index is 0.606. The maximum absolute atomic E-state index is 9.21. The lowest BCUT2D eigenvalue weighted by Crippen LogP contribution is -1.86. The second-order valence-electron chi connectivity index (χ2n) is 30.2. The number of aromatic nitrogens is 7. The molecule has 0 amide bonds. The molecule has 0 unspecified atom stereocenters.